The number of likely N-dealkylation sites (tertiary alicyclic amines) is 1. The molecule has 0 aliphatic carbocycles. The van der Waals surface area contributed by atoms with Gasteiger partial charge in [0.05, 0.1) is 16.8 Å². The van der Waals surface area contributed by atoms with Crippen molar-refractivity contribution in [1.29, 1.82) is 0 Å². The molecule has 1 amide bonds. The first-order valence-electron chi connectivity index (χ1n) is 8.79. The van der Waals surface area contributed by atoms with Crippen LogP contribution >= 0.6 is 0 Å². The van der Waals surface area contributed by atoms with Gasteiger partial charge >= 0.3 is 0 Å². The van der Waals surface area contributed by atoms with E-state index in [1.165, 1.54) is 23.0 Å². The average Bonchev–Trinajstić information content (AvgIpc) is 3.27. The number of nitrogens with one attached hydrogen (secondary N) is 1. The standard InChI is InChI=1S/C17H20N6O3/c24-17(21-6-4-12-9-18-10-13(12)5-7-21)16-11-22(20-19-16)14-2-1-3-15(8-14)23(25)26/h1-3,8,11-13,18H,4-7,9-10H2/t12-,13+. The number of carbonyl (C=O) groups excluding carboxylic acids is 1. The molecular weight excluding hydrogens is 336 g/mol. The van der Waals surface area contributed by atoms with Crippen molar-refractivity contribution in [2.75, 3.05) is 26.2 Å². The molecule has 2 atom stereocenters. The fourth-order valence-corrected chi connectivity index (χ4v) is 3.82. The lowest BCUT2D eigenvalue weighted by molar-refractivity contribution is -0.384. The summed E-state index contributed by atoms with van der Waals surface area (Å²) in [6.07, 6.45) is 3.54. The molecule has 3 heterocycles. The van der Waals surface area contributed by atoms with Crippen LogP contribution < -0.4 is 5.32 Å². The smallest absolute Gasteiger partial charge is 0.276 e. The van der Waals surface area contributed by atoms with Crippen LogP contribution in [0.4, 0.5) is 5.69 Å². The predicted molar refractivity (Wildman–Crippen MR) is 93.0 cm³/mol. The zero-order valence-corrected chi connectivity index (χ0v) is 14.2. The topological polar surface area (TPSA) is 106 Å². The maximum absolute atomic E-state index is 12.8. The van der Waals surface area contributed by atoms with E-state index in [1.807, 2.05) is 4.90 Å². The summed E-state index contributed by atoms with van der Waals surface area (Å²) in [5, 5.41) is 22.3. The summed E-state index contributed by atoms with van der Waals surface area (Å²) in [5.41, 5.74) is 0.738. The Morgan fingerprint density at radius 1 is 1.23 bits per heavy atom. The van der Waals surface area contributed by atoms with Gasteiger partial charge in [-0.15, -0.1) is 5.10 Å². The van der Waals surface area contributed by atoms with Gasteiger partial charge in [-0.2, -0.15) is 0 Å². The lowest BCUT2D eigenvalue weighted by atomic mass is 9.92. The summed E-state index contributed by atoms with van der Waals surface area (Å²) < 4.78 is 1.40. The Hall–Kier alpha value is -2.81. The Labute approximate surface area is 150 Å². The van der Waals surface area contributed by atoms with Gasteiger partial charge in [0.2, 0.25) is 0 Å². The van der Waals surface area contributed by atoms with Crippen LogP contribution in [0.15, 0.2) is 30.5 Å². The zero-order chi connectivity index (χ0) is 18.1. The van der Waals surface area contributed by atoms with Crippen molar-refractivity contribution >= 4 is 11.6 Å². The van der Waals surface area contributed by atoms with Crippen LogP contribution in [-0.4, -0.2) is 56.9 Å². The SMILES string of the molecule is O=C(c1cn(-c2cccc([N+](=O)[O-])c2)nn1)N1CC[C@@H]2CNC[C@@H]2CC1. The van der Waals surface area contributed by atoms with E-state index in [0.29, 0.717) is 17.5 Å². The van der Waals surface area contributed by atoms with Gasteiger partial charge < -0.3 is 10.2 Å². The Bertz CT molecular complexity index is 821. The predicted octanol–water partition coefficient (Wildman–Crippen LogP) is 1.25. The van der Waals surface area contributed by atoms with Crippen molar-refractivity contribution in [3.05, 3.63) is 46.3 Å². The van der Waals surface area contributed by atoms with E-state index >= 15 is 0 Å². The summed E-state index contributed by atoms with van der Waals surface area (Å²) in [5.74, 6) is 1.16. The molecule has 9 heteroatoms. The highest BCUT2D eigenvalue weighted by atomic mass is 16.6. The van der Waals surface area contributed by atoms with E-state index in [9.17, 15) is 14.9 Å². The number of carbonyl (C=O) groups is 1. The fraction of sp³-hybridized carbons (Fsp3) is 0.471. The van der Waals surface area contributed by atoms with Gasteiger partial charge in [0.25, 0.3) is 11.6 Å². The normalized spacial score (nSPS) is 22.7. The molecule has 0 unspecified atom stereocenters. The number of amides is 1. The molecule has 4 rings (SSSR count). The molecule has 2 aliphatic rings. The molecule has 9 nitrogen and oxygen atoms in total. The third-order valence-electron chi connectivity index (χ3n) is 5.32. The minimum atomic E-state index is -0.463. The number of aromatic nitrogens is 3. The van der Waals surface area contributed by atoms with Gasteiger partial charge in [-0.05, 0) is 43.8 Å². The van der Waals surface area contributed by atoms with Crippen LogP contribution in [0, 0.1) is 22.0 Å². The first-order valence-corrected chi connectivity index (χ1v) is 8.79. The van der Waals surface area contributed by atoms with Gasteiger partial charge in [0.15, 0.2) is 5.69 Å². The molecule has 2 aliphatic heterocycles. The first kappa shape index (κ1) is 16.6. The summed E-state index contributed by atoms with van der Waals surface area (Å²) in [6.45, 7) is 3.53. The van der Waals surface area contributed by atoms with Crippen molar-refractivity contribution in [2.24, 2.45) is 11.8 Å². The fourth-order valence-electron chi connectivity index (χ4n) is 3.82. The number of hydrogen-bond acceptors (Lipinski definition) is 6. The molecular formula is C17H20N6O3. The van der Waals surface area contributed by atoms with Crippen molar-refractivity contribution < 1.29 is 9.72 Å². The number of nitro groups is 1. The Kier molecular flexibility index (Phi) is 4.37. The quantitative estimate of drug-likeness (QED) is 0.655. The van der Waals surface area contributed by atoms with Crippen LogP contribution in [0.5, 0.6) is 0 Å². The summed E-state index contributed by atoms with van der Waals surface area (Å²) in [6, 6.07) is 6.09. The molecule has 1 aromatic carbocycles. The molecule has 0 spiro atoms. The van der Waals surface area contributed by atoms with Crippen molar-refractivity contribution in [2.45, 2.75) is 12.8 Å². The number of nitro benzene ring substituents is 1. The Balaban J connectivity index is 1.50. The molecule has 136 valence electrons. The van der Waals surface area contributed by atoms with Crippen molar-refractivity contribution in [3.8, 4) is 5.69 Å². The van der Waals surface area contributed by atoms with Gasteiger partial charge in [-0.25, -0.2) is 4.68 Å². The van der Waals surface area contributed by atoms with E-state index in [0.717, 1.165) is 39.0 Å². The van der Waals surface area contributed by atoms with E-state index in [-0.39, 0.29) is 17.3 Å². The average molecular weight is 356 g/mol. The number of hydrogen-bond donors (Lipinski definition) is 1. The molecule has 2 aromatic rings. The monoisotopic (exact) mass is 356 g/mol. The van der Waals surface area contributed by atoms with Crippen LogP contribution in [0.1, 0.15) is 23.3 Å². The Morgan fingerprint density at radius 2 is 1.96 bits per heavy atom. The molecule has 2 fully saturated rings. The number of rotatable bonds is 3. The molecule has 0 radical (unpaired) electrons. The van der Waals surface area contributed by atoms with E-state index in [4.69, 9.17) is 0 Å². The van der Waals surface area contributed by atoms with E-state index in [2.05, 4.69) is 15.6 Å². The first-order chi connectivity index (χ1) is 12.6. The summed E-state index contributed by atoms with van der Waals surface area (Å²) in [4.78, 5) is 25.1. The number of non-ortho nitro benzene ring substituents is 1. The third kappa shape index (κ3) is 3.17. The van der Waals surface area contributed by atoms with Gasteiger partial charge in [-0.1, -0.05) is 11.3 Å². The van der Waals surface area contributed by atoms with E-state index < -0.39 is 4.92 Å². The Morgan fingerprint density at radius 3 is 2.65 bits per heavy atom. The number of nitrogens with zero attached hydrogens (tertiary/aromatic N) is 5. The minimum absolute atomic E-state index is 0.0291. The maximum atomic E-state index is 12.8. The lowest BCUT2D eigenvalue weighted by Crippen LogP contribution is -2.33. The summed E-state index contributed by atoms with van der Waals surface area (Å²) >= 11 is 0. The molecule has 1 N–H and O–H groups in total. The van der Waals surface area contributed by atoms with Crippen LogP contribution in [0.25, 0.3) is 5.69 Å². The highest BCUT2D eigenvalue weighted by molar-refractivity contribution is 5.92. The van der Waals surface area contributed by atoms with Crippen LogP contribution in [0.3, 0.4) is 0 Å². The van der Waals surface area contributed by atoms with Crippen molar-refractivity contribution in [1.82, 2.24) is 25.2 Å². The van der Waals surface area contributed by atoms with Gasteiger partial charge in [0.1, 0.15) is 0 Å². The second-order valence-electron chi connectivity index (χ2n) is 6.87. The highest BCUT2D eigenvalue weighted by Crippen LogP contribution is 2.27. The second-order valence-corrected chi connectivity index (χ2v) is 6.87. The molecule has 26 heavy (non-hydrogen) atoms. The lowest BCUT2D eigenvalue weighted by Gasteiger charge is -2.19. The molecule has 2 saturated heterocycles. The van der Waals surface area contributed by atoms with Gasteiger partial charge in [-0.3, -0.25) is 14.9 Å². The highest BCUT2D eigenvalue weighted by Gasteiger charge is 2.32. The zero-order valence-electron chi connectivity index (χ0n) is 14.2. The van der Waals surface area contributed by atoms with Crippen LogP contribution in [0.2, 0.25) is 0 Å². The maximum Gasteiger partial charge on any atom is 0.276 e. The molecule has 1 aromatic heterocycles. The van der Waals surface area contributed by atoms with Gasteiger partial charge in [0, 0.05) is 25.2 Å². The van der Waals surface area contributed by atoms with E-state index in [1.54, 1.807) is 12.1 Å². The van der Waals surface area contributed by atoms with Crippen LogP contribution in [-0.2, 0) is 0 Å². The molecule has 0 bridgehead atoms. The summed E-state index contributed by atoms with van der Waals surface area (Å²) in [7, 11) is 0. The molecule has 0 saturated carbocycles. The minimum Gasteiger partial charge on any atom is -0.337 e. The van der Waals surface area contributed by atoms with Crippen molar-refractivity contribution in [3.63, 3.8) is 0 Å². The number of benzene rings is 1. The number of fused-ring (bicyclic) bond motifs is 1. The second kappa shape index (κ2) is 6.83. The largest absolute Gasteiger partial charge is 0.337 e. The third-order valence-corrected chi connectivity index (χ3v) is 5.32.